The highest BCUT2D eigenvalue weighted by atomic mass is 16.3. The van der Waals surface area contributed by atoms with Gasteiger partial charge in [0, 0.05) is 0 Å². The fraction of sp³-hybridized carbons (Fsp3) is 1.00. The van der Waals surface area contributed by atoms with Crippen molar-refractivity contribution < 1.29 is 20.4 Å². The van der Waals surface area contributed by atoms with Crippen LogP contribution in [0.15, 0.2) is 0 Å². The molecule has 8 atom stereocenters. The van der Waals surface area contributed by atoms with Crippen molar-refractivity contribution in [3.05, 3.63) is 0 Å². The number of aliphatic hydroxyl groups is 4. The van der Waals surface area contributed by atoms with Crippen LogP contribution in [0, 0.1) is 23.7 Å². The highest BCUT2D eigenvalue weighted by molar-refractivity contribution is 4.88. The molecule has 0 radical (unpaired) electrons. The zero-order chi connectivity index (χ0) is 16.9. The Labute approximate surface area is 135 Å². The highest BCUT2D eigenvalue weighted by Gasteiger charge is 2.38. The van der Waals surface area contributed by atoms with Gasteiger partial charge in [-0.1, -0.05) is 0 Å². The minimum Gasteiger partial charge on any atom is -0.393 e. The van der Waals surface area contributed by atoms with Crippen LogP contribution in [0.1, 0.15) is 66.2 Å². The van der Waals surface area contributed by atoms with E-state index in [0.29, 0.717) is 23.7 Å². The molecular formula is C18H36O4. The molecule has 0 spiro atoms. The maximum atomic E-state index is 9.78. The van der Waals surface area contributed by atoms with E-state index in [1.807, 2.05) is 27.7 Å². The average Bonchev–Trinajstić information content (AvgIpc) is 2.31. The number of hydrogen-bond acceptors (Lipinski definition) is 4. The molecule has 1 rings (SSSR count). The highest BCUT2D eigenvalue weighted by Crippen LogP contribution is 2.45. The van der Waals surface area contributed by atoms with Gasteiger partial charge in [0.05, 0.1) is 24.4 Å². The van der Waals surface area contributed by atoms with Gasteiger partial charge >= 0.3 is 0 Å². The predicted molar refractivity (Wildman–Crippen MR) is 88.4 cm³/mol. The minimum atomic E-state index is -0.331. The Morgan fingerprint density at radius 1 is 0.545 bits per heavy atom. The Kier molecular flexibility index (Phi) is 8.33. The Bertz CT molecular complexity index is 243. The average molecular weight is 316 g/mol. The molecule has 8 unspecified atom stereocenters. The molecule has 0 aromatic carbocycles. The van der Waals surface area contributed by atoms with Gasteiger partial charge in [-0.15, -0.1) is 0 Å². The van der Waals surface area contributed by atoms with Gasteiger partial charge in [0.1, 0.15) is 0 Å². The summed E-state index contributed by atoms with van der Waals surface area (Å²) in [7, 11) is 0. The Hall–Kier alpha value is -0.160. The zero-order valence-electron chi connectivity index (χ0n) is 14.7. The summed E-state index contributed by atoms with van der Waals surface area (Å²) < 4.78 is 0. The molecule has 4 heteroatoms. The number of aliphatic hydroxyl groups excluding tert-OH is 4. The van der Waals surface area contributed by atoms with Crippen LogP contribution in [-0.2, 0) is 0 Å². The third-order valence-corrected chi connectivity index (χ3v) is 5.12. The summed E-state index contributed by atoms with van der Waals surface area (Å²) in [5.74, 6) is 1.57. The van der Waals surface area contributed by atoms with Gasteiger partial charge in [0.25, 0.3) is 0 Å². The van der Waals surface area contributed by atoms with Gasteiger partial charge < -0.3 is 20.4 Å². The lowest BCUT2D eigenvalue weighted by molar-refractivity contribution is 0.00596. The van der Waals surface area contributed by atoms with Crippen molar-refractivity contribution in [1.29, 1.82) is 0 Å². The fourth-order valence-electron chi connectivity index (χ4n) is 4.45. The molecule has 0 bridgehead atoms. The minimum absolute atomic E-state index is 0.331. The van der Waals surface area contributed by atoms with Crippen LogP contribution in [0.3, 0.4) is 0 Å². The van der Waals surface area contributed by atoms with Crippen molar-refractivity contribution in [1.82, 2.24) is 0 Å². The number of rotatable bonds is 8. The van der Waals surface area contributed by atoms with Crippen LogP contribution in [0.25, 0.3) is 0 Å². The Balaban J connectivity index is 2.83. The molecule has 1 aliphatic rings. The van der Waals surface area contributed by atoms with Crippen molar-refractivity contribution in [3.63, 3.8) is 0 Å². The van der Waals surface area contributed by atoms with Gasteiger partial charge in [-0.25, -0.2) is 0 Å². The van der Waals surface area contributed by atoms with Crippen LogP contribution in [-0.4, -0.2) is 44.8 Å². The largest absolute Gasteiger partial charge is 0.393 e. The van der Waals surface area contributed by atoms with E-state index in [9.17, 15) is 20.4 Å². The Morgan fingerprint density at radius 2 is 0.727 bits per heavy atom. The molecule has 22 heavy (non-hydrogen) atoms. The second-order valence-corrected chi connectivity index (χ2v) is 7.85. The molecule has 4 N–H and O–H groups in total. The van der Waals surface area contributed by atoms with E-state index in [1.54, 1.807) is 0 Å². The predicted octanol–water partition coefficient (Wildman–Crippen LogP) is 2.33. The monoisotopic (exact) mass is 316 g/mol. The summed E-state index contributed by atoms with van der Waals surface area (Å²) >= 11 is 0. The smallest absolute Gasteiger partial charge is 0.0514 e. The molecule has 0 aliphatic heterocycles. The second kappa shape index (κ2) is 9.21. The zero-order valence-corrected chi connectivity index (χ0v) is 14.7. The van der Waals surface area contributed by atoms with Crippen LogP contribution in [0.5, 0.6) is 0 Å². The van der Waals surface area contributed by atoms with Crippen molar-refractivity contribution in [2.45, 2.75) is 90.6 Å². The molecule has 0 saturated heterocycles. The summed E-state index contributed by atoms with van der Waals surface area (Å²) in [4.78, 5) is 0. The van der Waals surface area contributed by atoms with Crippen molar-refractivity contribution in [2.24, 2.45) is 23.7 Å². The molecule has 0 amide bonds. The van der Waals surface area contributed by atoms with Crippen molar-refractivity contribution in [3.8, 4) is 0 Å². The summed E-state index contributed by atoms with van der Waals surface area (Å²) in [6, 6.07) is 0. The van der Waals surface area contributed by atoms with Crippen LogP contribution < -0.4 is 0 Å². The molecule has 0 heterocycles. The first-order valence-corrected chi connectivity index (χ1v) is 8.91. The molecule has 1 saturated carbocycles. The molecule has 0 aromatic heterocycles. The Morgan fingerprint density at radius 3 is 0.864 bits per heavy atom. The summed E-state index contributed by atoms with van der Waals surface area (Å²) in [6.07, 6.45) is 3.66. The summed E-state index contributed by atoms with van der Waals surface area (Å²) in [5, 5.41) is 39.1. The third-order valence-electron chi connectivity index (χ3n) is 5.12. The van der Waals surface area contributed by atoms with Gasteiger partial charge in [-0.3, -0.25) is 0 Å². The SMILES string of the molecule is CC(O)CC1CC(CC(C)O)C(CC(C)O)CC1CC(C)O. The lowest BCUT2D eigenvalue weighted by Gasteiger charge is -2.43. The lowest BCUT2D eigenvalue weighted by atomic mass is 9.63. The molecular weight excluding hydrogens is 280 g/mol. The van der Waals surface area contributed by atoms with Crippen LogP contribution >= 0.6 is 0 Å². The summed E-state index contributed by atoms with van der Waals surface area (Å²) in [6.45, 7) is 7.30. The van der Waals surface area contributed by atoms with Gasteiger partial charge in [0.2, 0.25) is 0 Å². The first-order valence-electron chi connectivity index (χ1n) is 8.91. The van der Waals surface area contributed by atoms with E-state index in [0.717, 1.165) is 38.5 Å². The molecule has 1 aliphatic carbocycles. The van der Waals surface area contributed by atoms with E-state index in [1.165, 1.54) is 0 Å². The van der Waals surface area contributed by atoms with Gasteiger partial charge in [-0.2, -0.15) is 0 Å². The van der Waals surface area contributed by atoms with E-state index in [2.05, 4.69) is 0 Å². The molecule has 4 nitrogen and oxygen atoms in total. The maximum absolute atomic E-state index is 9.78. The van der Waals surface area contributed by atoms with Crippen LogP contribution in [0.4, 0.5) is 0 Å². The van der Waals surface area contributed by atoms with E-state index < -0.39 is 0 Å². The van der Waals surface area contributed by atoms with Crippen molar-refractivity contribution >= 4 is 0 Å². The normalized spacial score (nSPS) is 34.9. The van der Waals surface area contributed by atoms with Gasteiger partial charge in [0.15, 0.2) is 0 Å². The number of hydrogen-bond donors (Lipinski definition) is 4. The second-order valence-electron chi connectivity index (χ2n) is 7.85. The van der Waals surface area contributed by atoms with E-state index in [-0.39, 0.29) is 24.4 Å². The fourth-order valence-corrected chi connectivity index (χ4v) is 4.45. The lowest BCUT2D eigenvalue weighted by Crippen LogP contribution is -2.37. The van der Waals surface area contributed by atoms with E-state index >= 15 is 0 Å². The molecule has 1 fully saturated rings. The first-order chi connectivity index (χ1) is 10.2. The van der Waals surface area contributed by atoms with E-state index in [4.69, 9.17) is 0 Å². The molecule has 0 aromatic rings. The standard InChI is InChI=1S/C18H36O4/c1-11(19)5-15-9-17(7-13(3)21)18(8-14(4)22)10-16(15)6-12(2)20/h11-22H,5-10H2,1-4H3. The summed E-state index contributed by atoms with van der Waals surface area (Å²) in [5.41, 5.74) is 0. The van der Waals surface area contributed by atoms with Crippen LogP contribution in [0.2, 0.25) is 0 Å². The topological polar surface area (TPSA) is 80.9 Å². The quantitative estimate of drug-likeness (QED) is 0.554. The van der Waals surface area contributed by atoms with Gasteiger partial charge in [-0.05, 0) is 89.9 Å². The molecule has 132 valence electrons. The first kappa shape index (κ1) is 19.9. The van der Waals surface area contributed by atoms with Crippen molar-refractivity contribution in [2.75, 3.05) is 0 Å². The maximum Gasteiger partial charge on any atom is 0.0514 e. The third kappa shape index (κ3) is 6.95.